The second-order valence-electron chi connectivity index (χ2n) is 5.54. The summed E-state index contributed by atoms with van der Waals surface area (Å²) in [5.74, 6) is -0.425. The van der Waals surface area contributed by atoms with Gasteiger partial charge in [-0.25, -0.2) is 0 Å². The van der Waals surface area contributed by atoms with Crippen LogP contribution in [0.5, 0.6) is 0 Å². The maximum absolute atomic E-state index is 12.8. The lowest BCUT2D eigenvalue weighted by Gasteiger charge is -2.19. The van der Waals surface area contributed by atoms with Crippen molar-refractivity contribution in [1.29, 1.82) is 0 Å². The third-order valence-electron chi connectivity index (χ3n) is 3.87. The van der Waals surface area contributed by atoms with Gasteiger partial charge in [0.25, 0.3) is 0 Å². The van der Waals surface area contributed by atoms with Crippen LogP contribution >= 0.6 is 11.8 Å². The molecule has 1 heterocycles. The van der Waals surface area contributed by atoms with Crippen LogP contribution in [0, 0.1) is 0 Å². The van der Waals surface area contributed by atoms with Crippen molar-refractivity contribution >= 4 is 35.3 Å². The maximum atomic E-state index is 12.8. The Kier molecular flexibility index (Phi) is 7.02. The average Bonchev–Trinajstić information content (AvgIpc) is 3.01. The SMILES string of the molecule is CCc1ccc(NC(=O)C(CC)n2c(N)nnc2SCC(=O)OC)cc1. The standard InChI is InChI=1S/C17H23N5O3S/c1-4-11-6-8-12(9-7-11)19-15(24)13(5-2)22-16(18)20-21-17(22)26-10-14(23)25-3/h6-9,13H,4-5,10H2,1-3H3,(H2,18,20)(H,19,24). The fourth-order valence-electron chi connectivity index (χ4n) is 2.40. The number of carbonyl (C=O) groups is 2. The Bertz CT molecular complexity index is 760. The summed E-state index contributed by atoms with van der Waals surface area (Å²) in [4.78, 5) is 24.1. The predicted molar refractivity (Wildman–Crippen MR) is 101 cm³/mol. The molecule has 2 aromatic rings. The molecule has 0 saturated carbocycles. The maximum Gasteiger partial charge on any atom is 0.316 e. The van der Waals surface area contributed by atoms with Crippen molar-refractivity contribution in [2.45, 2.75) is 37.9 Å². The Labute approximate surface area is 156 Å². The summed E-state index contributed by atoms with van der Waals surface area (Å²) >= 11 is 1.13. The van der Waals surface area contributed by atoms with Crippen LogP contribution in [0.3, 0.4) is 0 Å². The van der Waals surface area contributed by atoms with Gasteiger partial charge in [0.1, 0.15) is 6.04 Å². The molecule has 0 spiro atoms. The number of benzene rings is 1. The van der Waals surface area contributed by atoms with E-state index in [1.54, 1.807) is 4.57 Å². The molecule has 26 heavy (non-hydrogen) atoms. The average molecular weight is 377 g/mol. The van der Waals surface area contributed by atoms with Crippen LogP contribution < -0.4 is 11.1 Å². The number of methoxy groups -OCH3 is 1. The number of nitrogens with one attached hydrogen (secondary N) is 1. The first-order chi connectivity index (χ1) is 12.5. The monoisotopic (exact) mass is 377 g/mol. The summed E-state index contributed by atoms with van der Waals surface area (Å²) in [6.07, 6.45) is 1.43. The second-order valence-corrected chi connectivity index (χ2v) is 6.48. The van der Waals surface area contributed by atoms with E-state index in [1.807, 2.05) is 31.2 Å². The molecule has 0 aliphatic carbocycles. The lowest BCUT2D eigenvalue weighted by molar-refractivity contribution is -0.137. The molecule has 0 bridgehead atoms. The highest BCUT2D eigenvalue weighted by Crippen LogP contribution is 2.26. The first-order valence-corrected chi connectivity index (χ1v) is 9.28. The molecule has 9 heteroatoms. The molecule has 1 atom stereocenters. The fourth-order valence-corrected chi connectivity index (χ4v) is 3.22. The van der Waals surface area contributed by atoms with Crippen molar-refractivity contribution in [3.63, 3.8) is 0 Å². The molecule has 2 rings (SSSR count). The number of aryl methyl sites for hydroxylation is 1. The van der Waals surface area contributed by atoms with Crippen molar-refractivity contribution in [3.05, 3.63) is 29.8 Å². The number of carbonyl (C=O) groups excluding carboxylic acids is 2. The minimum absolute atomic E-state index is 0.0607. The molecule has 0 radical (unpaired) electrons. The van der Waals surface area contributed by atoms with Crippen molar-refractivity contribution in [2.24, 2.45) is 0 Å². The number of nitrogens with two attached hydrogens (primary N) is 1. The minimum atomic E-state index is -0.587. The van der Waals surface area contributed by atoms with Gasteiger partial charge in [0.15, 0.2) is 5.16 Å². The number of nitrogens with zero attached hydrogens (tertiary/aromatic N) is 3. The van der Waals surface area contributed by atoms with E-state index < -0.39 is 12.0 Å². The number of hydrogen-bond acceptors (Lipinski definition) is 7. The lowest BCUT2D eigenvalue weighted by atomic mass is 10.1. The molecule has 3 N–H and O–H groups in total. The van der Waals surface area contributed by atoms with E-state index in [2.05, 4.69) is 27.2 Å². The summed E-state index contributed by atoms with van der Waals surface area (Å²) in [5.41, 5.74) is 7.81. The first-order valence-electron chi connectivity index (χ1n) is 8.29. The Balaban J connectivity index is 2.17. The van der Waals surface area contributed by atoms with Crippen LogP contribution in [0.4, 0.5) is 11.6 Å². The van der Waals surface area contributed by atoms with Gasteiger partial charge < -0.3 is 15.8 Å². The van der Waals surface area contributed by atoms with E-state index in [0.29, 0.717) is 17.3 Å². The Morgan fingerprint density at radius 1 is 1.27 bits per heavy atom. The third kappa shape index (κ3) is 4.75. The predicted octanol–water partition coefficient (Wildman–Crippen LogP) is 2.28. The van der Waals surface area contributed by atoms with Crippen molar-refractivity contribution in [2.75, 3.05) is 23.9 Å². The van der Waals surface area contributed by atoms with Gasteiger partial charge in [0, 0.05) is 5.69 Å². The van der Waals surface area contributed by atoms with E-state index >= 15 is 0 Å². The first kappa shape index (κ1) is 19.8. The molecule has 8 nitrogen and oxygen atoms in total. The summed E-state index contributed by atoms with van der Waals surface area (Å²) in [6.45, 7) is 3.95. The number of esters is 1. The molecule has 0 aliphatic rings. The van der Waals surface area contributed by atoms with E-state index in [4.69, 9.17) is 5.73 Å². The van der Waals surface area contributed by atoms with Crippen molar-refractivity contribution < 1.29 is 14.3 Å². The molecule has 0 saturated heterocycles. The number of amides is 1. The Morgan fingerprint density at radius 2 is 1.96 bits per heavy atom. The smallest absolute Gasteiger partial charge is 0.316 e. The van der Waals surface area contributed by atoms with E-state index in [-0.39, 0.29) is 17.6 Å². The molecule has 1 aromatic heterocycles. The molecule has 0 aliphatic heterocycles. The number of aromatic nitrogens is 3. The Hall–Kier alpha value is -2.55. The van der Waals surface area contributed by atoms with E-state index in [0.717, 1.165) is 18.2 Å². The van der Waals surface area contributed by atoms with Gasteiger partial charge in [-0.3, -0.25) is 14.2 Å². The molecule has 140 valence electrons. The van der Waals surface area contributed by atoms with E-state index in [9.17, 15) is 9.59 Å². The number of nitrogen functional groups attached to an aromatic ring is 1. The number of thioether (sulfide) groups is 1. The lowest BCUT2D eigenvalue weighted by Crippen LogP contribution is -2.27. The van der Waals surface area contributed by atoms with E-state index in [1.165, 1.54) is 12.7 Å². The highest BCUT2D eigenvalue weighted by molar-refractivity contribution is 7.99. The highest BCUT2D eigenvalue weighted by atomic mass is 32.2. The van der Waals surface area contributed by atoms with Crippen LogP contribution in [0.2, 0.25) is 0 Å². The quantitative estimate of drug-likeness (QED) is 0.536. The van der Waals surface area contributed by atoms with Crippen LogP contribution in [0.1, 0.15) is 31.9 Å². The molecule has 1 aromatic carbocycles. The zero-order valence-electron chi connectivity index (χ0n) is 15.1. The van der Waals surface area contributed by atoms with Crippen molar-refractivity contribution in [3.8, 4) is 0 Å². The van der Waals surface area contributed by atoms with Gasteiger partial charge in [-0.1, -0.05) is 37.7 Å². The fraction of sp³-hybridized carbons (Fsp3) is 0.412. The van der Waals surface area contributed by atoms with Crippen LogP contribution in [0.25, 0.3) is 0 Å². The topological polar surface area (TPSA) is 112 Å². The normalized spacial score (nSPS) is 11.8. The van der Waals surface area contributed by atoms with Gasteiger partial charge in [-0.05, 0) is 30.5 Å². The van der Waals surface area contributed by atoms with Gasteiger partial charge in [-0.15, -0.1) is 10.2 Å². The highest BCUT2D eigenvalue weighted by Gasteiger charge is 2.25. The van der Waals surface area contributed by atoms with Crippen LogP contribution in [0.15, 0.2) is 29.4 Å². The molecular weight excluding hydrogens is 354 g/mol. The summed E-state index contributed by atoms with van der Waals surface area (Å²) < 4.78 is 6.17. The summed E-state index contributed by atoms with van der Waals surface area (Å²) in [7, 11) is 1.31. The molecule has 1 amide bonds. The Morgan fingerprint density at radius 3 is 2.54 bits per heavy atom. The number of rotatable bonds is 8. The number of ether oxygens (including phenoxy) is 1. The second kappa shape index (κ2) is 9.23. The van der Waals surface area contributed by atoms with Crippen LogP contribution in [-0.4, -0.2) is 39.5 Å². The zero-order chi connectivity index (χ0) is 19.1. The number of hydrogen-bond donors (Lipinski definition) is 2. The molecular formula is C17H23N5O3S. The van der Waals surface area contributed by atoms with Gasteiger partial charge in [0.05, 0.1) is 12.9 Å². The molecule has 1 unspecified atom stereocenters. The summed E-state index contributed by atoms with van der Waals surface area (Å²) in [6, 6.07) is 7.09. The third-order valence-corrected chi connectivity index (χ3v) is 4.79. The van der Waals surface area contributed by atoms with Crippen LogP contribution in [-0.2, 0) is 20.7 Å². The molecule has 0 fully saturated rings. The van der Waals surface area contributed by atoms with Gasteiger partial charge >= 0.3 is 5.97 Å². The van der Waals surface area contributed by atoms with Gasteiger partial charge in [0.2, 0.25) is 11.9 Å². The largest absolute Gasteiger partial charge is 0.468 e. The van der Waals surface area contributed by atoms with Crippen molar-refractivity contribution in [1.82, 2.24) is 14.8 Å². The van der Waals surface area contributed by atoms with Gasteiger partial charge in [-0.2, -0.15) is 0 Å². The summed E-state index contributed by atoms with van der Waals surface area (Å²) in [5, 5.41) is 11.1. The zero-order valence-corrected chi connectivity index (χ0v) is 15.9. The number of anilines is 2. The minimum Gasteiger partial charge on any atom is -0.468 e.